The second-order valence-electron chi connectivity index (χ2n) is 6.44. The van der Waals surface area contributed by atoms with Gasteiger partial charge >= 0.3 is 0 Å². The summed E-state index contributed by atoms with van der Waals surface area (Å²) in [7, 11) is -1.87. The molecule has 0 saturated carbocycles. The van der Waals surface area contributed by atoms with Gasteiger partial charge in [-0.05, 0) is 37.1 Å². The summed E-state index contributed by atoms with van der Waals surface area (Å²) >= 11 is 13.2. The number of thiazole rings is 1. The molecule has 1 saturated heterocycles. The van der Waals surface area contributed by atoms with Crippen molar-refractivity contribution in [3.05, 3.63) is 40.1 Å². The van der Waals surface area contributed by atoms with Crippen LogP contribution in [-0.2, 0) is 17.1 Å². The molecule has 28 heavy (non-hydrogen) atoms. The molecule has 4 rings (SSSR count). The van der Waals surface area contributed by atoms with E-state index in [-0.39, 0.29) is 15.1 Å². The van der Waals surface area contributed by atoms with Crippen LogP contribution in [0.3, 0.4) is 0 Å². The maximum atomic E-state index is 12.7. The first-order valence-electron chi connectivity index (χ1n) is 8.50. The number of nitrogens with zero attached hydrogens (tertiary/aromatic N) is 3. The molecule has 1 aliphatic heterocycles. The van der Waals surface area contributed by atoms with Crippen LogP contribution in [0.4, 0.5) is 5.13 Å². The third-order valence-electron chi connectivity index (χ3n) is 4.63. The van der Waals surface area contributed by atoms with E-state index in [0.29, 0.717) is 34.1 Å². The predicted molar refractivity (Wildman–Crippen MR) is 111 cm³/mol. The molecule has 0 atom stereocenters. The minimum Gasteiger partial charge on any atom is -0.329 e. The Kier molecular flexibility index (Phi) is 5.13. The largest absolute Gasteiger partial charge is 0.329 e. The minimum atomic E-state index is -3.50. The zero-order valence-corrected chi connectivity index (χ0v) is 17.9. The predicted octanol–water partition coefficient (Wildman–Crippen LogP) is 3.98. The molecule has 0 bridgehead atoms. The monoisotopic (exact) mass is 458 g/mol. The lowest BCUT2D eigenvalue weighted by Gasteiger charge is -2.15. The fraction of sp³-hybridized carbons (Fsp3) is 0.294. The van der Waals surface area contributed by atoms with Crippen LogP contribution < -0.4 is 5.32 Å². The Bertz CT molecular complexity index is 1180. The molecule has 148 valence electrons. The molecule has 0 spiro atoms. The number of nitrogens with one attached hydrogen (secondary N) is 1. The molecule has 1 amide bonds. The van der Waals surface area contributed by atoms with Crippen molar-refractivity contribution in [2.45, 2.75) is 17.7 Å². The molecular formula is C17H16Cl2N4O3S2. The minimum absolute atomic E-state index is 0.240. The number of sulfonamides is 1. The van der Waals surface area contributed by atoms with Gasteiger partial charge in [-0.2, -0.15) is 4.31 Å². The molecule has 7 nitrogen and oxygen atoms in total. The van der Waals surface area contributed by atoms with Crippen molar-refractivity contribution in [3.63, 3.8) is 0 Å². The van der Waals surface area contributed by atoms with E-state index in [1.54, 1.807) is 25.2 Å². The molecule has 3 aromatic rings. The van der Waals surface area contributed by atoms with E-state index < -0.39 is 15.9 Å². The Labute approximate surface area is 175 Å². The van der Waals surface area contributed by atoms with Crippen molar-refractivity contribution < 1.29 is 13.2 Å². The highest BCUT2D eigenvalue weighted by Crippen LogP contribution is 2.31. The normalized spacial score (nSPS) is 15.4. The average molecular weight is 459 g/mol. The van der Waals surface area contributed by atoms with E-state index in [1.165, 1.54) is 26.3 Å². The Morgan fingerprint density at radius 3 is 2.57 bits per heavy atom. The number of rotatable bonds is 4. The first kappa shape index (κ1) is 19.7. The van der Waals surface area contributed by atoms with Gasteiger partial charge in [0.25, 0.3) is 5.91 Å². The number of hydrogen-bond acceptors (Lipinski definition) is 5. The van der Waals surface area contributed by atoms with Crippen LogP contribution in [0.25, 0.3) is 10.2 Å². The summed E-state index contributed by atoms with van der Waals surface area (Å²) in [5.41, 5.74) is 0.912. The van der Waals surface area contributed by atoms with Gasteiger partial charge in [-0.25, -0.2) is 13.4 Å². The van der Waals surface area contributed by atoms with Gasteiger partial charge in [-0.3, -0.25) is 10.1 Å². The van der Waals surface area contributed by atoms with Crippen LogP contribution in [0.5, 0.6) is 0 Å². The zero-order valence-electron chi connectivity index (χ0n) is 14.8. The third kappa shape index (κ3) is 3.42. The van der Waals surface area contributed by atoms with Crippen LogP contribution in [0, 0.1) is 0 Å². The van der Waals surface area contributed by atoms with Gasteiger partial charge in [-0.1, -0.05) is 34.5 Å². The van der Waals surface area contributed by atoms with Crippen LogP contribution >= 0.6 is 34.5 Å². The summed E-state index contributed by atoms with van der Waals surface area (Å²) < 4.78 is 29.1. The van der Waals surface area contributed by atoms with Crippen LogP contribution in [0.1, 0.15) is 23.3 Å². The number of amides is 1. The van der Waals surface area contributed by atoms with E-state index in [0.717, 1.165) is 12.8 Å². The van der Waals surface area contributed by atoms with E-state index in [9.17, 15) is 13.2 Å². The topological polar surface area (TPSA) is 84.3 Å². The van der Waals surface area contributed by atoms with Crippen molar-refractivity contribution in [1.29, 1.82) is 0 Å². The fourth-order valence-electron chi connectivity index (χ4n) is 3.12. The highest BCUT2D eigenvalue weighted by molar-refractivity contribution is 7.89. The highest BCUT2D eigenvalue weighted by Gasteiger charge is 2.27. The fourth-order valence-corrected chi connectivity index (χ4v) is 6.01. The van der Waals surface area contributed by atoms with Crippen molar-refractivity contribution in [3.8, 4) is 0 Å². The first-order valence-corrected chi connectivity index (χ1v) is 11.5. The lowest BCUT2D eigenvalue weighted by atomic mass is 10.3. The van der Waals surface area contributed by atoms with Crippen molar-refractivity contribution in [2.24, 2.45) is 7.05 Å². The summed E-state index contributed by atoms with van der Waals surface area (Å²) in [6.45, 7) is 1.10. The van der Waals surface area contributed by atoms with Crippen molar-refractivity contribution in [2.75, 3.05) is 18.4 Å². The first-order chi connectivity index (χ1) is 13.3. The molecule has 0 radical (unpaired) electrons. The highest BCUT2D eigenvalue weighted by atomic mass is 35.5. The van der Waals surface area contributed by atoms with Gasteiger partial charge in [0, 0.05) is 20.1 Å². The van der Waals surface area contributed by atoms with E-state index in [2.05, 4.69) is 10.3 Å². The molecule has 1 aromatic carbocycles. The summed E-state index contributed by atoms with van der Waals surface area (Å²) in [4.78, 5) is 17.1. The number of benzene rings is 1. The molecule has 0 aliphatic carbocycles. The van der Waals surface area contributed by atoms with Gasteiger partial charge in [0.15, 0.2) is 5.13 Å². The van der Waals surface area contributed by atoms with Gasteiger partial charge < -0.3 is 4.57 Å². The second-order valence-corrected chi connectivity index (χ2v) is 10.2. The van der Waals surface area contributed by atoms with E-state index >= 15 is 0 Å². The molecule has 3 heterocycles. The number of carbonyl (C=O) groups excluding carboxylic acids is 1. The Morgan fingerprint density at radius 1 is 1.21 bits per heavy atom. The molecule has 1 N–H and O–H groups in total. The number of halogens is 2. The maximum absolute atomic E-state index is 12.7. The number of carbonyl (C=O) groups is 1. The smallest absolute Gasteiger partial charge is 0.274 e. The van der Waals surface area contributed by atoms with E-state index in [4.69, 9.17) is 23.2 Å². The average Bonchev–Trinajstić information content (AvgIpc) is 3.37. The van der Waals surface area contributed by atoms with E-state index in [1.807, 2.05) is 0 Å². The van der Waals surface area contributed by atoms with Crippen LogP contribution in [-0.4, -0.2) is 41.3 Å². The maximum Gasteiger partial charge on any atom is 0.274 e. The molecule has 0 unspecified atom stereocenters. The molecule has 1 fully saturated rings. The second kappa shape index (κ2) is 7.31. The lowest BCUT2D eigenvalue weighted by Crippen LogP contribution is -2.27. The number of fused-ring (bicyclic) bond motifs is 1. The SMILES string of the molecule is Cn1c(C(=O)Nc2nc3ccc(S(=O)(=O)N4CCCC4)cc3s2)cc(Cl)c1Cl. The third-order valence-corrected chi connectivity index (χ3v) is 8.30. The zero-order chi connectivity index (χ0) is 20.1. The number of anilines is 1. The number of hydrogen-bond donors (Lipinski definition) is 1. The number of aromatic nitrogens is 2. The quantitative estimate of drug-likeness (QED) is 0.640. The van der Waals surface area contributed by atoms with Gasteiger partial charge in [0.1, 0.15) is 10.8 Å². The van der Waals surface area contributed by atoms with Gasteiger partial charge in [0.05, 0.1) is 20.1 Å². The Balaban J connectivity index is 1.61. The summed E-state index contributed by atoms with van der Waals surface area (Å²) in [6.07, 6.45) is 1.76. The van der Waals surface area contributed by atoms with Crippen molar-refractivity contribution >= 4 is 65.8 Å². The summed E-state index contributed by atoms with van der Waals surface area (Å²) in [5, 5.41) is 3.64. The molecule has 11 heteroatoms. The van der Waals surface area contributed by atoms with Crippen molar-refractivity contribution in [1.82, 2.24) is 13.9 Å². The standard InChI is InChI=1S/C17H16Cl2N4O3S2/c1-22-13(9-11(18)15(22)19)16(24)21-17-20-12-5-4-10(8-14(12)27-17)28(25,26)23-6-2-3-7-23/h4-5,8-9H,2-3,6-7H2,1H3,(H,20,21,24). The van der Waals surface area contributed by atoms with Gasteiger partial charge in [0.2, 0.25) is 10.0 Å². The van der Waals surface area contributed by atoms with Crippen LogP contribution in [0.15, 0.2) is 29.2 Å². The molecule has 1 aliphatic rings. The lowest BCUT2D eigenvalue weighted by molar-refractivity contribution is 0.101. The Morgan fingerprint density at radius 2 is 1.93 bits per heavy atom. The summed E-state index contributed by atoms with van der Waals surface area (Å²) in [6, 6.07) is 6.29. The summed E-state index contributed by atoms with van der Waals surface area (Å²) in [5.74, 6) is -0.403. The van der Waals surface area contributed by atoms with Gasteiger partial charge in [-0.15, -0.1) is 0 Å². The molecule has 2 aromatic heterocycles. The molecular weight excluding hydrogens is 443 g/mol. The Hall–Kier alpha value is -1.65. The van der Waals surface area contributed by atoms with Crippen LogP contribution in [0.2, 0.25) is 10.2 Å².